The molecule has 5 heteroatoms. The molecule has 4 nitrogen and oxygen atoms in total. The molecule has 0 aliphatic rings. The van der Waals surface area contributed by atoms with E-state index in [-0.39, 0.29) is 11.4 Å². The van der Waals surface area contributed by atoms with Gasteiger partial charge in [0.05, 0.1) is 11.3 Å². The molecule has 16 heavy (non-hydrogen) atoms. The lowest BCUT2D eigenvalue weighted by Gasteiger charge is -2.00. The number of hydrogen-bond donors (Lipinski definition) is 2. The number of benzene rings is 1. The van der Waals surface area contributed by atoms with E-state index in [4.69, 9.17) is 0 Å². The molecule has 0 aliphatic heterocycles. The van der Waals surface area contributed by atoms with E-state index in [1.165, 1.54) is 16.8 Å². The Bertz CT molecular complexity index is 544. The predicted molar refractivity (Wildman–Crippen MR) is 59.1 cm³/mol. The Morgan fingerprint density at radius 1 is 1.50 bits per heavy atom. The van der Waals surface area contributed by atoms with Crippen LogP contribution in [-0.2, 0) is 6.54 Å². The molecular weight excluding hydrogens is 209 g/mol. The SMILES string of the molecule is CNCc1c[nH]n(-c2cccc(F)c2)c1=O. The largest absolute Gasteiger partial charge is 0.315 e. The maximum Gasteiger partial charge on any atom is 0.275 e. The smallest absolute Gasteiger partial charge is 0.275 e. The molecule has 2 N–H and O–H groups in total. The zero-order chi connectivity index (χ0) is 11.5. The Balaban J connectivity index is 2.45. The molecule has 0 spiro atoms. The second-order valence-electron chi connectivity index (χ2n) is 3.45. The topological polar surface area (TPSA) is 49.8 Å². The lowest BCUT2D eigenvalue weighted by Crippen LogP contribution is -2.20. The van der Waals surface area contributed by atoms with Gasteiger partial charge in [-0.15, -0.1) is 0 Å². The van der Waals surface area contributed by atoms with Gasteiger partial charge >= 0.3 is 0 Å². The second-order valence-corrected chi connectivity index (χ2v) is 3.45. The molecule has 1 heterocycles. The fraction of sp³-hybridized carbons (Fsp3) is 0.182. The number of rotatable bonds is 3. The Morgan fingerprint density at radius 3 is 3.00 bits per heavy atom. The fourth-order valence-corrected chi connectivity index (χ4v) is 1.53. The van der Waals surface area contributed by atoms with Gasteiger partial charge in [0.15, 0.2) is 0 Å². The molecular formula is C11H12FN3O. The second kappa shape index (κ2) is 4.32. The Hall–Kier alpha value is -1.88. The van der Waals surface area contributed by atoms with Crippen LogP contribution in [0, 0.1) is 5.82 Å². The zero-order valence-corrected chi connectivity index (χ0v) is 8.83. The first-order valence-electron chi connectivity index (χ1n) is 4.92. The third kappa shape index (κ3) is 1.90. The Morgan fingerprint density at radius 2 is 2.31 bits per heavy atom. The zero-order valence-electron chi connectivity index (χ0n) is 8.83. The van der Waals surface area contributed by atoms with E-state index >= 15 is 0 Å². The molecule has 0 atom stereocenters. The summed E-state index contributed by atoms with van der Waals surface area (Å²) in [7, 11) is 1.76. The van der Waals surface area contributed by atoms with Gasteiger partial charge in [-0.3, -0.25) is 9.89 Å². The molecule has 1 aromatic carbocycles. The van der Waals surface area contributed by atoms with Crippen molar-refractivity contribution >= 4 is 0 Å². The number of nitrogens with one attached hydrogen (secondary N) is 2. The molecule has 0 bridgehead atoms. The van der Waals surface area contributed by atoms with E-state index in [1.807, 2.05) is 0 Å². The van der Waals surface area contributed by atoms with Gasteiger partial charge in [-0.05, 0) is 25.2 Å². The minimum Gasteiger partial charge on any atom is -0.315 e. The van der Waals surface area contributed by atoms with E-state index in [0.29, 0.717) is 17.8 Å². The molecule has 84 valence electrons. The lowest BCUT2D eigenvalue weighted by molar-refractivity contribution is 0.625. The standard InChI is InChI=1S/C11H12FN3O/c1-13-6-8-7-14-15(11(8)16)10-4-2-3-9(12)5-10/h2-5,7,13-14H,6H2,1H3. The van der Waals surface area contributed by atoms with Crippen LogP contribution in [0.4, 0.5) is 4.39 Å². The van der Waals surface area contributed by atoms with Crippen molar-refractivity contribution in [1.29, 1.82) is 0 Å². The summed E-state index contributed by atoms with van der Waals surface area (Å²) in [6, 6.07) is 5.88. The van der Waals surface area contributed by atoms with E-state index in [9.17, 15) is 9.18 Å². The third-order valence-corrected chi connectivity index (χ3v) is 2.28. The van der Waals surface area contributed by atoms with Crippen LogP contribution in [-0.4, -0.2) is 16.8 Å². The summed E-state index contributed by atoms with van der Waals surface area (Å²) in [6.07, 6.45) is 1.61. The van der Waals surface area contributed by atoms with Crippen LogP contribution in [0.15, 0.2) is 35.3 Å². The molecule has 0 radical (unpaired) electrons. The van der Waals surface area contributed by atoms with Crippen LogP contribution in [0.5, 0.6) is 0 Å². The van der Waals surface area contributed by atoms with Crippen molar-refractivity contribution in [2.24, 2.45) is 0 Å². The minimum atomic E-state index is -0.367. The summed E-state index contributed by atoms with van der Waals surface area (Å²) in [5.74, 6) is -0.367. The maximum absolute atomic E-state index is 13.0. The van der Waals surface area contributed by atoms with Crippen molar-refractivity contribution < 1.29 is 4.39 Å². The first-order chi connectivity index (χ1) is 7.72. The average molecular weight is 221 g/mol. The Labute approximate surface area is 91.7 Å². The average Bonchev–Trinajstić information content (AvgIpc) is 2.61. The Kier molecular flexibility index (Phi) is 2.87. The lowest BCUT2D eigenvalue weighted by atomic mass is 10.3. The van der Waals surface area contributed by atoms with Crippen LogP contribution in [0.1, 0.15) is 5.56 Å². The maximum atomic E-state index is 13.0. The first-order valence-corrected chi connectivity index (χ1v) is 4.92. The molecule has 0 saturated carbocycles. The normalized spacial score (nSPS) is 10.6. The van der Waals surface area contributed by atoms with Crippen molar-refractivity contribution in [2.45, 2.75) is 6.54 Å². The van der Waals surface area contributed by atoms with Crippen LogP contribution < -0.4 is 10.9 Å². The highest BCUT2D eigenvalue weighted by atomic mass is 19.1. The van der Waals surface area contributed by atoms with E-state index in [1.54, 1.807) is 25.4 Å². The highest BCUT2D eigenvalue weighted by Crippen LogP contribution is 2.06. The minimum absolute atomic E-state index is 0.167. The summed E-state index contributed by atoms with van der Waals surface area (Å²) >= 11 is 0. The fourth-order valence-electron chi connectivity index (χ4n) is 1.53. The number of nitrogens with zero attached hydrogens (tertiary/aromatic N) is 1. The molecule has 2 aromatic rings. The van der Waals surface area contributed by atoms with Gasteiger partial charge < -0.3 is 5.32 Å². The number of aromatic amines is 1. The molecule has 1 aromatic heterocycles. The number of hydrogen-bond acceptors (Lipinski definition) is 2. The van der Waals surface area contributed by atoms with Crippen molar-refractivity contribution in [3.8, 4) is 5.69 Å². The summed E-state index contributed by atoms with van der Waals surface area (Å²) in [5, 5.41) is 5.69. The van der Waals surface area contributed by atoms with Crippen molar-refractivity contribution in [1.82, 2.24) is 15.1 Å². The quantitative estimate of drug-likeness (QED) is 0.813. The van der Waals surface area contributed by atoms with Gasteiger partial charge in [-0.2, -0.15) is 0 Å². The number of H-pyrrole nitrogens is 1. The van der Waals surface area contributed by atoms with Gasteiger partial charge in [0.25, 0.3) is 5.56 Å². The molecule has 0 aliphatic carbocycles. The van der Waals surface area contributed by atoms with E-state index < -0.39 is 0 Å². The number of halogens is 1. The highest BCUT2D eigenvalue weighted by molar-refractivity contribution is 5.31. The van der Waals surface area contributed by atoms with Gasteiger partial charge in [-0.25, -0.2) is 9.07 Å². The molecule has 0 fully saturated rings. The summed E-state index contributed by atoms with van der Waals surface area (Å²) in [6.45, 7) is 0.484. The van der Waals surface area contributed by atoms with E-state index in [0.717, 1.165) is 0 Å². The molecule has 2 rings (SSSR count). The molecule has 0 saturated heterocycles. The van der Waals surface area contributed by atoms with Crippen LogP contribution >= 0.6 is 0 Å². The summed E-state index contributed by atoms with van der Waals surface area (Å²) in [5.41, 5.74) is 0.944. The number of aromatic nitrogens is 2. The molecule has 0 amide bonds. The van der Waals surface area contributed by atoms with Crippen LogP contribution in [0.2, 0.25) is 0 Å². The predicted octanol–water partition coefficient (Wildman–Crippen LogP) is 1.02. The van der Waals surface area contributed by atoms with Crippen molar-refractivity contribution in [3.05, 3.63) is 52.2 Å². The third-order valence-electron chi connectivity index (χ3n) is 2.28. The van der Waals surface area contributed by atoms with Crippen LogP contribution in [0.3, 0.4) is 0 Å². The summed E-state index contributed by atoms with van der Waals surface area (Å²) in [4.78, 5) is 11.8. The van der Waals surface area contributed by atoms with Crippen molar-refractivity contribution in [3.63, 3.8) is 0 Å². The van der Waals surface area contributed by atoms with Crippen LogP contribution in [0.25, 0.3) is 5.69 Å². The highest BCUT2D eigenvalue weighted by Gasteiger charge is 2.06. The molecule has 0 unspecified atom stereocenters. The monoisotopic (exact) mass is 221 g/mol. The van der Waals surface area contributed by atoms with Gasteiger partial charge in [0.1, 0.15) is 5.82 Å². The van der Waals surface area contributed by atoms with Gasteiger partial charge in [0.2, 0.25) is 0 Å². The first kappa shape index (κ1) is 10.6. The van der Waals surface area contributed by atoms with Crippen molar-refractivity contribution in [2.75, 3.05) is 7.05 Å². The van der Waals surface area contributed by atoms with Gasteiger partial charge in [0, 0.05) is 12.7 Å². The summed E-state index contributed by atoms with van der Waals surface area (Å²) < 4.78 is 14.3. The van der Waals surface area contributed by atoms with Gasteiger partial charge in [-0.1, -0.05) is 6.07 Å². The van der Waals surface area contributed by atoms with E-state index in [2.05, 4.69) is 10.4 Å².